The zero-order valence-corrected chi connectivity index (χ0v) is 11.4. The summed E-state index contributed by atoms with van der Waals surface area (Å²) in [6, 6.07) is 8.36. The zero-order chi connectivity index (χ0) is 11.9. The van der Waals surface area contributed by atoms with E-state index in [0.29, 0.717) is 6.54 Å². The molecule has 1 aliphatic rings. The smallest absolute Gasteiger partial charge is 0.239 e. The van der Waals surface area contributed by atoms with Crippen molar-refractivity contribution < 1.29 is 4.79 Å². The maximum Gasteiger partial charge on any atom is 0.239 e. The van der Waals surface area contributed by atoms with Crippen LogP contribution in [-0.2, 0) is 11.2 Å². The first-order valence-electron chi connectivity index (χ1n) is 6.44. The van der Waals surface area contributed by atoms with E-state index in [2.05, 4.69) is 28.8 Å². The van der Waals surface area contributed by atoms with E-state index < -0.39 is 0 Å². The van der Waals surface area contributed by atoms with Crippen LogP contribution in [0.3, 0.4) is 0 Å². The summed E-state index contributed by atoms with van der Waals surface area (Å²) < 4.78 is 0. The van der Waals surface area contributed by atoms with Gasteiger partial charge in [-0.05, 0) is 37.0 Å². The van der Waals surface area contributed by atoms with Gasteiger partial charge in [0.1, 0.15) is 0 Å². The van der Waals surface area contributed by atoms with Crippen LogP contribution >= 0.6 is 12.4 Å². The molecule has 100 valence electrons. The van der Waals surface area contributed by atoms with Crippen molar-refractivity contribution >= 4 is 24.0 Å². The molecule has 1 aliphatic heterocycles. The predicted molar refractivity (Wildman–Crippen MR) is 77.4 cm³/mol. The number of halogens is 1. The molecule has 2 N–H and O–H groups in total. The Balaban J connectivity index is 0.00000162. The van der Waals surface area contributed by atoms with Gasteiger partial charge in [0.25, 0.3) is 0 Å². The number of hydrogen-bond donors (Lipinski definition) is 2. The number of anilines is 1. The number of rotatable bonds is 0. The Kier molecular flexibility index (Phi) is 6.58. The average Bonchev–Trinajstić information content (AvgIpc) is 2.36. The molecular weight excluding hydrogens is 248 g/mol. The van der Waals surface area contributed by atoms with Crippen LogP contribution in [0.2, 0.25) is 0 Å². The number of aryl methyl sites for hydroxylation is 1. The molecule has 0 aliphatic carbocycles. The summed E-state index contributed by atoms with van der Waals surface area (Å²) in [7, 11) is 0. The van der Waals surface area contributed by atoms with E-state index in [1.54, 1.807) is 0 Å². The van der Waals surface area contributed by atoms with Gasteiger partial charge in [0.05, 0.1) is 6.54 Å². The van der Waals surface area contributed by atoms with E-state index >= 15 is 0 Å². The first-order chi connectivity index (χ1) is 8.34. The molecule has 2 rings (SSSR count). The van der Waals surface area contributed by atoms with E-state index in [0.717, 1.165) is 25.1 Å². The Bertz CT molecular complexity index is 382. The molecular formula is C14H21ClN2O. The minimum absolute atomic E-state index is 0. The highest BCUT2D eigenvalue weighted by Crippen LogP contribution is 2.14. The number of hydrogen-bond acceptors (Lipinski definition) is 2. The minimum atomic E-state index is 0. The lowest BCUT2D eigenvalue weighted by atomic mass is 10.1. The van der Waals surface area contributed by atoms with Gasteiger partial charge < -0.3 is 10.6 Å². The maximum atomic E-state index is 11.5. The van der Waals surface area contributed by atoms with E-state index in [4.69, 9.17) is 0 Å². The summed E-state index contributed by atoms with van der Waals surface area (Å²) in [5.41, 5.74) is 2.39. The van der Waals surface area contributed by atoms with Crippen molar-refractivity contribution in [2.24, 2.45) is 0 Å². The Labute approximate surface area is 115 Å². The SMILES string of the molecule is Cl.O=C1CNc2cccc(c2)CCCCCCN1. The van der Waals surface area contributed by atoms with Gasteiger partial charge in [-0.25, -0.2) is 0 Å². The third-order valence-corrected chi connectivity index (χ3v) is 3.09. The van der Waals surface area contributed by atoms with E-state index in [-0.39, 0.29) is 18.3 Å². The maximum absolute atomic E-state index is 11.5. The molecule has 0 radical (unpaired) electrons. The Morgan fingerprint density at radius 3 is 2.72 bits per heavy atom. The van der Waals surface area contributed by atoms with Gasteiger partial charge in [0.15, 0.2) is 0 Å². The summed E-state index contributed by atoms with van der Waals surface area (Å²) in [5, 5.41) is 6.09. The lowest BCUT2D eigenvalue weighted by Crippen LogP contribution is -2.30. The van der Waals surface area contributed by atoms with Crippen LogP contribution in [0, 0.1) is 0 Å². The molecule has 0 saturated heterocycles. The van der Waals surface area contributed by atoms with Gasteiger partial charge in [-0.1, -0.05) is 25.0 Å². The summed E-state index contributed by atoms with van der Waals surface area (Å²) in [5.74, 6) is 0.0784. The molecule has 0 atom stereocenters. The fourth-order valence-corrected chi connectivity index (χ4v) is 2.12. The second-order valence-corrected chi connectivity index (χ2v) is 4.57. The summed E-state index contributed by atoms with van der Waals surface area (Å²) in [6.45, 7) is 1.17. The van der Waals surface area contributed by atoms with Gasteiger partial charge in [-0.3, -0.25) is 4.79 Å². The molecule has 1 heterocycles. The zero-order valence-electron chi connectivity index (χ0n) is 10.6. The lowest BCUT2D eigenvalue weighted by molar-refractivity contribution is -0.119. The van der Waals surface area contributed by atoms with Crippen molar-refractivity contribution in [1.82, 2.24) is 5.32 Å². The van der Waals surface area contributed by atoms with E-state index in [1.165, 1.54) is 24.8 Å². The summed E-state index contributed by atoms with van der Waals surface area (Å²) >= 11 is 0. The van der Waals surface area contributed by atoms with Crippen LogP contribution in [0.5, 0.6) is 0 Å². The highest BCUT2D eigenvalue weighted by molar-refractivity contribution is 5.85. The van der Waals surface area contributed by atoms with Crippen LogP contribution in [0.15, 0.2) is 24.3 Å². The van der Waals surface area contributed by atoms with Crippen LogP contribution in [0.25, 0.3) is 0 Å². The molecule has 1 aromatic rings. The van der Waals surface area contributed by atoms with Crippen molar-refractivity contribution in [3.63, 3.8) is 0 Å². The summed E-state index contributed by atoms with van der Waals surface area (Å²) in [6.07, 6.45) is 5.90. The van der Waals surface area contributed by atoms with Crippen molar-refractivity contribution in [3.8, 4) is 0 Å². The standard InChI is InChI=1S/C14H20N2O.ClH/c17-14-11-16-13-8-5-7-12(10-13)6-3-1-2-4-9-15-14;/h5,7-8,10,16H,1-4,6,9,11H2,(H,15,17);1H. The number of benzene rings is 1. The third kappa shape index (κ3) is 4.96. The Morgan fingerprint density at radius 2 is 1.83 bits per heavy atom. The van der Waals surface area contributed by atoms with Gasteiger partial charge in [0, 0.05) is 12.2 Å². The molecule has 18 heavy (non-hydrogen) atoms. The Morgan fingerprint density at radius 1 is 1.00 bits per heavy atom. The predicted octanol–water partition coefficient (Wildman–Crippen LogP) is 2.75. The normalized spacial score (nSPS) is 17.0. The molecule has 0 saturated carbocycles. The lowest BCUT2D eigenvalue weighted by Gasteiger charge is -2.08. The third-order valence-electron chi connectivity index (χ3n) is 3.09. The largest absolute Gasteiger partial charge is 0.376 e. The van der Waals surface area contributed by atoms with Crippen molar-refractivity contribution in [2.45, 2.75) is 32.1 Å². The van der Waals surface area contributed by atoms with Crippen molar-refractivity contribution in [3.05, 3.63) is 29.8 Å². The molecule has 1 aromatic carbocycles. The number of nitrogens with one attached hydrogen (secondary N) is 2. The molecule has 0 fully saturated rings. The van der Waals surface area contributed by atoms with Gasteiger partial charge >= 0.3 is 0 Å². The quantitative estimate of drug-likeness (QED) is 0.760. The van der Waals surface area contributed by atoms with Gasteiger partial charge in [-0.2, -0.15) is 0 Å². The summed E-state index contributed by atoms with van der Waals surface area (Å²) in [4.78, 5) is 11.5. The average molecular weight is 269 g/mol. The van der Waals surface area contributed by atoms with Crippen LogP contribution in [0.1, 0.15) is 31.2 Å². The van der Waals surface area contributed by atoms with E-state index in [9.17, 15) is 4.79 Å². The van der Waals surface area contributed by atoms with Gasteiger partial charge in [-0.15, -0.1) is 12.4 Å². The first-order valence-corrected chi connectivity index (χ1v) is 6.44. The fraction of sp³-hybridized carbons (Fsp3) is 0.500. The van der Waals surface area contributed by atoms with E-state index in [1.807, 2.05) is 6.07 Å². The fourth-order valence-electron chi connectivity index (χ4n) is 2.12. The number of carbonyl (C=O) groups is 1. The van der Waals surface area contributed by atoms with Crippen LogP contribution < -0.4 is 10.6 Å². The van der Waals surface area contributed by atoms with Gasteiger partial charge in [0.2, 0.25) is 5.91 Å². The first kappa shape index (κ1) is 14.8. The van der Waals surface area contributed by atoms with Crippen LogP contribution in [0.4, 0.5) is 5.69 Å². The van der Waals surface area contributed by atoms with Crippen LogP contribution in [-0.4, -0.2) is 19.0 Å². The topological polar surface area (TPSA) is 41.1 Å². The second-order valence-electron chi connectivity index (χ2n) is 4.57. The molecule has 0 unspecified atom stereocenters. The number of fused-ring (bicyclic) bond motifs is 2. The highest BCUT2D eigenvalue weighted by atomic mass is 35.5. The van der Waals surface area contributed by atoms with Crippen molar-refractivity contribution in [2.75, 3.05) is 18.4 Å². The highest BCUT2D eigenvalue weighted by Gasteiger charge is 2.03. The number of carbonyl (C=O) groups excluding carboxylic acids is 1. The minimum Gasteiger partial charge on any atom is -0.376 e. The second kappa shape index (κ2) is 7.98. The molecule has 1 amide bonds. The Hall–Kier alpha value is -1.22. The molecule has 0 spiro atoms. The monoisotopic (exact) mass is 268 g/mol. The van der Waals surface area contributed by atoms with Crippen molar-refractivity contribution in [1.29, 1.82) is 0 Å². The molecule has 0 aromatic heterocycles. The number of amides is 1. The molecule has 2 bridgehead atoms. The molecule has 4 heteroatoms. The molecule has 3 nitrogen and oxygen atoms in total.